The third kappa shape index (κ3) is 3.60. The van der Waals surface area contributed by atoms with E-state index in [1.807, 2.05) is 30.3 Å². The number of carbonyl (C=O) groups excluding carboxylic acids is 1. The van der Waals surface area contributed by atoms with Gasteiger partial charge in [0.25, 0.3) is 0 Å². The lowest BCUT2D eigenvalue weighted by atomic mass is 9.91. The summed E-state index contributed by atoms with van der Waals surface area (Å²) in [5.41, 5.74) is 6.93. The van der Waals surface area contributed by atoms with E-state index in [2.05, 4.69) is 5.32 Å². The van der Waals surface area contributed by atoms with Crippen LogP contribution < -0.4 is 11.1 Å². The van der Waals surface area contributed by atoms with E-state index in [4.69, 9.17) is 5.73 Å². The van der Waals surface area contributed by atoms with Crippen molar-refractivity contribution >= 4 is 18.3 Å². The Labute approximate surface area is 147 Å². The molecule has 0 radical (unpaired) electrons. The van der Waals surface area contributed by atoms with Crippen LogP contribution in [0.5, 0.6) is 0 Å². The fraction of sp³-hybridized carbons (Fsp3) is 0.316. The van der Waals surface area contributed by atoms with Gasteiger partial charge in [0, 0.05) is 12.0 Å². The molecular weight excluding hydrogens is 327 g/mol. The van der Waals surface area contributed by atoms with Crippen LogP contribution in [0.1, 0.15) is 30.9 Å². The summed E-state index contributed by atoms with van der Waals surface area (Å²) in [6, 6.07) is 15.9. The second kappa shape index (κ2) is 6.91. The Morgan fingerprint density at radius 1 is 1.17 bits per heavy atom. The minimum atomic E-state index is -1.07. The smallest absolute Gasteiger partial charge is 0.244 e. The van der Waals surface area contributed by atoms with Gasteiger partial charge in [-0.05, 0) is 43.0 Å². The van der Waals surface area contributed by atoms with Crippen molar-refractivity contribution in [1.82, 2.24) is 5.32 Å². The zero-order valence-electron chi connectivity index (χ0n) is 13.6. The number of carbonyl (C=O) groups is 1. The molecule has 1 amide bonds. The molecule has 1 unspecified atom stereocenters. The lowest BCUT2D eigenvalue weighted by Crippen LogP contribution is -2.50. The van der Waals surface area contributed by atoms with E-state index in [0.717, 1.165) is 24.0 Å². The highest BCUT2D eigenvalue weighted by Crippen LogP contribution is 2.47. The fourth-order valence-electron chi connectivity index (χ4n) is 2.87. The molecule has 1 aliphatic carbocycles. The second-order valence-electron chi connectivity index (χ2n) is 6.54. The first-order chi connectivity index (χ1) is 10.9. The Morgan fingerprint density at radius 2 is 1.75 bits per heavy atom. The molecule has 0 bridgehead atoms. The summed E-state index contributed by atoms with van der Waals surface area (Å²) in [4.78, 5) is 12.5. The van der Waals surface area contributed by atoms with Crippen molar-refractivity contribution < 1.29 is 9.18 Å². The van der Waals surface area contributed by atoms with E-state index in [-0.39, 0.29) is 29.5 Å². The van der Waals surface area contributed by atoms with Crippen molar-refractivity contribution in [2.75, 3.05) is 6.54 Å². The molecule has 1 saturated carbocycles. The molecule has 1 atom stereocenters. The highest BCUT2D eigenvalue weighted by molar-refractivity contribution is 5.87. The van der Waals surface area contributed by atoms with Gasteiger partial charge in [0.05, 0.1) is 0 Å². The maximum absolute atomic E-state index is 13.1. The Bertz CT molecular complexity index is 697. The summed E-state index contributed by atoms with van der Waals surface area (Å²) in [5.74, 6) is -0.440. The Kier molecular flexibility index (Phi) is 5.31. The second-order valence-corrected chi connectivity index (χ2v) is 6.54. The van der Waals surface area contributed by atoms with Crippen LogP contribution in [0.15, 0.2) is 54.6 Å². The van der Waals surface area contributed by atoms with Crippen molar-refractivity contribution in [3.63, 3.8) is 0 Å². The maximum Gasteiger partial charge on any atom is 0.244 e. The third-order valence-corrected chi connectivity index (χ3v) is 4.74. The number of benzene rings is 2. The maximum atomic E-state index is 13.1. The Hall–Kier alpha value is -1.91. The first kappa shape index (κ1) is 18.4. The molecule has 1 aliphatic rings. The topological polar surface area (TPSA) is 55.1 Å². The molecule has 0 heterocycles. The Balaban J connectivity index is 0.00000208. The monoisotopic (exact) mass is 348 g/mol. The standard InChI is InChI=1S/C19H21FN2O.ClH/c1-18(21,14-5-3-2-4-6-14)17(23)22-13-19(11-12-19)15-7-9-16(20)10-8-15;/h2-10H,11-13,21H2,1H3,(H,22,23);1H. The van der Waals surface area contributed by atoms with E-state index in [9.17, 15) is 9.18 Å². The lowest BCUT2D eigenvalue weighted by molar-refractivity contribution is -0.126. The van der Waals surface area contributed by atoms with Crippen molar-refractivity contribution in [3.05, 3.63) is 71.5 Å². The normalized spacial score (nSPS) is 17.3. The first-order valence-electron chi connectivity index (χ1n) is 7.83. The van der Waals surface area contributed by atoms with Gasteiger partial charge in [-0.2, -0.15) is 0 Å². The minimum absolute atomic E-state index is 0. The number of rotatable bonds is 5. The van der Waals surface area contributed by atoms with Crippen LogP contribution in [0, 0.1) is 5.82 Å². The molecule has 3 rings (SSSR count). The first-order valence-corrected chi connectivity index (χ1v) is 7.83. The zero-order chi connectivity index (χ0) is 16.5. The van der Waals surface area contributed by atoms with E-state index < -0.39 is 5.54 Å². The van der Waals surface area contributed by atoms with Gasteiger partial charge in [0.15, 0.2) is 0 Å². The summed E-state index contributed by atoms with van der Waals surface area (Å²) in [5, 5.41) is 2.98. The molecule has 1 fully saturated rings. The number of amides is 1. The fourth-order valence-corrected chi connectivity index (χ4v) is 2.87. The lowest BCUT2D eigenvalue weighted by Gasteiger charge is -2.26. The van der Waals surface area contributed by atoms with E-state index in [0.29, 0.717) is 6.54 Å². The average molecular weight is 349 g/mol. The number of nitrogens with one attached hydrogen (secondary N) is 1. The van der Waals surface area contributed by atoms with Gasteiger partial charge in [-0.3, -0.25) is 4.79 Å². The molecular formula is C19H22ClFN2O. The number of hydrogen-bond acceptors (Lipinski definition) is 2. The number of nitrogens with two attached hydrogens (primary N) is 1. The molecule has 3 N–H and O–H groups in total. The van der Waals surface area contributed by atoms with Crippen molar-refractivity contribution in [2.24, 2.45) is 5.73 Å². The van der Waals surface area contributed by atoms with Crippen LogP contribution in [0.25, 0.3) is 0 Å². The summed E-state index contributed by atoms with van der Waals surface area (Å²) in [6.45, 7) is 2.24. The van der Waals surface area contributed by atoms with Gasteiger partial charge < -0.3 is 11.1 Å². The van der Waals surface area contributed by atoms with Crippen LogP contribution in [0.2, 0.25) is 0 Å². The number of halogens is 2. The van der Waals surface area contributed by atoms with Crippen molar-refractivity contribution in [3.8, 4) is 0 Å². The number of hydrogen-bond donors (Lipinski definition) is 2. The van der Waals surface area contributed by atoms with Crippen LogP contribution in [0.4, 0.5) is 4.39 Å². The molecule has 24 heavy (non-hydrogen) atoms. The molecule has 5 heteroatoms. The predicted molar refractivity (Wildman–Crippen MR) is 95.6 cm³/mol. The van der Waals surface area contributed by atoms with E-state index in [1.165, 1.54) is 12.1 Å². The van der Waals surface area contributed by atoms with Gasteiger partial charge in [-0.25, -0.2) is 4.39 Å². The van der Waals surface area contributed by atoms with Gasteiger partial charge in [-0.15, -0.1) is 12.4 Å². The average Bonchev–Trinajstić information content (AvgIpc) is 3.35. The van der Waals surface area contributed by atoms with Gasteiger partial charge >= 0.3 is 0 Å². The van der Waals surface area contributed by atoms with Crippen molar-refractivity contribution in [2.45, 2.75) is 30.7 Å². The van der Waals surface area contributed by atoms with Gasteiger partial charge in [-0.1, -0.05) is 42.5 Å². The largest absolute Gasteiger partial charge is 0.353 e. The summed E-state index contributed by atoms with van der Waals surface area (Å²) in [7, 11) is 0. The van der Waals surface area contributed by atoms with Crippen molar-refractivity contribution in [1.29, 1.82) is 0 Å². The van der Waals surface area contributed by atoms with Crippen LogP contribution in [-0.2, 0) is 15.7 Å². The quantitative estimate of drug-likeness (QED) is 0.871. The summed E-state index contributed by atoms with van der Waals surface area (Å²) < 4.78 is 13.1. The molecule has 2 aromatic carbocycles. The van der Waals surface area contributed by atoms with E-state index >= 15 is 0 Å². The molecule has 0 spiro atoms. The molecule has 128 valence electrons. The molecule has 0 aromatic heterocycles. The predicted octanol–water partition coefficient (Wildman–Crippen LogP) is 3.27. The molecule has 2 aromatic rings. The molecule has 0 aliphatic heterocycles. The van der Waals surface area contributed by atoms with Gasteiger partial charge in [0.1, 0.15) is 11.4 Å². The highest BCUT2D eigenvalue weighted by atomic mass is 35.5. The minimum Gasteiger partial charge on any atom is -0.353 e. The summed E-state index contributed by atoms with van der Waals surface area (Å²) >= 11 is 0. The van der Waals surface area contributed by atoms with E-state index in [1.54, 1.807) is 19.1 Å². The third-order valence-electron chi connectivity index (χ3n) is 4.74. The zero-order valence-corrected chi connectivity index (χ0v) is 14.4. The van der Waals surface area contributed by atoms with Crippen LogP contribution in [-0.4, -0.2) is 12.5 Å². The SMILES string of the molecule is CC(N)(C(=O)NCC1(c2ccc(F)cc2)CC1)c1ccccc1.Cl. The van der Waals surface area contributed by atoms with Crippen LogP contribution in [0.3, 0.4) is 0 Å². The highest BCUT2D eigenvalue weighted by Gasteiger charge is 2.45. The van der Waals surface area contributed by atoms with Crippen LogP contribution >= 0.6 is 12.4 Å². The van der Waals surface area contributed by atoms with Gasteiger partial charge in [0.2, 0.25) is 5.91 Å². The summed E-state index contributed by atoms with van der Waals surface area (Å²) in [6.07, 6.45) is 1.98. The molecule has 0 saturated heterocycles. The molecule has 3 nitrogen and oxygen atoms in total. The Morgan fingerprint density at radius 3 is 2.29 bits per heavy atom.